The number of pyridine rings is 1. The molecule has 1 aromatic heterocycles. The van der Waals surface area contributed by atoms with Crippen molar-refractivity contribution in [3.8, 4) is 5.75 Å². The standard InChI is InChI=1S/C15H20N2O/c1-10(2)6-7-18-15-8-11(3)17-14-5-4-12(16)9-13(14)15/h4-5,8-10H,6-7,16H2,1-3H3. The summed E-state index contributed by atoms with van der Waals surface area (Å²) in [4.78, 5) is 4.49. The Morgan fingerprint density at radius 1 is 1.28 bits per heavy atom. The number of nitrogens with zero attached hydrogens (tertiary/aromatic N) is 1. The van der Waals surface area contributed by atoms with Gasteiger partial charge in [-0.3, -0.25) is 4.98 Å². The van der Waals surface area contributed by atoms with Crippen LogP contribution in [0, 0.1) is 12.8 Å². The molecule has 0 unspecified atom stereocenters. The zero-order valence-electron chi connectivity index (χ0n) is 11.2. The molecule has 0 aliphatic rings. The smallest absolute Gasteiger partial charge is 0.130 e. The fourth-order valence-electron chi connectivity index (χ4n) is 1.86. The quantitative estimate of drug-likeness (QED) is 0.837. The van der Waals surface area contributed by atoms with Crippen molar-refractivity contribution in [3.05, 3.63) is 30.0 Å². The molecule has 2 N–H and O–H groups in total. The molecule has 2 rings (SSSR count). The second-order valence-electron chi connectivity index (χ2n) is 5.07. The van der Waals surface area contributed by atoms with Crippen molar-refractivity contribution in [2.75, 3.05) is 12.3 Å². The Labute approximate surface area is 108 Å². The predicted octanol–water partition coefficient (Wildman–Crippen LogP) is 3.55. The van der Waals surface area contributed by atoms with E-state index in [1.807, 2.05) is 31.2 Å². The third-order valence-electron chi connectivity index (χ3n) is 2.88. The van der Waals surface area contributed by atoms with Gasteiger partial charge in [0.15, 0.2) is 0 Å². The Morgan fingerprint density at radius 3 is 2.78 bits per heavy atom. The lowest BCUT2D eigenvalue weighted by molar-refractivity contribution is 0.292. The van der Waals surface area contributed by atoms with Gasteiger partial charge in [-0.25, -0.2) is 0 Å². The number of ether oxygens (including phenoxy) is 1. The summed E-state index contributed by atoms with van der Waals surface area (Å²) < 4.78 is 5.87. The third-order valence-corrected chi connectivity index (χ3v) is 2.88. The normalized spacial score (nSPS) is 11.1. The zero-order valence-corrected chi connectivity index (χ0v) is 11.2. The number of hydrogen-bond donors (Lipinski definition) is 1. The summed E-state index contributed by atoms with van der Waals surface area (Å²) in [6.07, 6.45) is 1.05. The Morgan fingerprint density at radius 2 is 2.06 bits per heavy atom. The van der Waals surface area contributed by atoms with Crippen LogP contribution < -0.4 is 10.5 Å². The molecule has 0 amide bonds. The first kappa shape index (κ1) is 12.7. The fourth-order valence-corrected chi connectivity index (χ4v) is 1.86. The van der Waals surface area contributed by atoms with E-state index in [0.29, 0.717) is 5.92 Å². The molecular weight excluding hydrogens is 224 g/mol. The SMILES string of the molecule is Cc1cc(OCCC(C)C)c2cc(N)ccc2n1. The number of nitrogen functional groups attached to an aromatic ring is 1. The largest absolute Gasteiger partial charge is 0.493 e. The molecular formula is C15H20N2O. The maximum Gasteiger partial charge on any atom is 0.130 e. The van der Waals surface area contributed by atoms with Crippen molar-refractivity contribution in [1.82, 2.24) is 4.98 Å². The molecule has 96 valence electrons. The minimum Gasteiger partial charge on any atom is -0.493 e. The molecule has 0 spiro atoms. The number of hydrogen-bond acceptors (Lipinski definition) is 3. The molecule has 0 aliphatic carbocycles. The van der Waals surface area contributed by atoms with Crippen LogP contribution in [0.3, 0.4) is 0 Å². The summed E-state index contributed by atoms with van der Waals surface area (Å²) >= 11 is 0. The first-order valence-corrected chi connectivity index (χ1v) is 6.36. The maximum atomic E-state index is 5.87. The molecule has 0 bridgehead atoms. The van der Waals surface area contributed by atoms with E-state index in [1.165, 1.54) is 0 Å². The van der Waals surface area contributed by atoms with Crippen molar-refractivity contribution in [2.45, 2.75) is 27.2 Å². The van der Waals surface area contributed by atoms with E-state index in [0.717, 1.165) is 41.1 Å². The fraction of sp³-hybridized carbons (Fsp3) is 0.400. The van der Waals surface area contributed by atoms with Crippen LogP contribution in [0.25, 0.3) is 10.9 Å². The number of anilines is 1. The van der Waals surface area contributed by atoms with Crippen molar-refractivity contribution >= 4 is 16.6 Å². The van der Waals surface area contributed by atoms with Gasteiger partial charge < -0.3 is 10.5 Å². The topological polar surface area (TPSA) is 48.1 Å². The van der Waals surface area contributed by atoms with E-state index in [9.17, 15) is 0 Å². The molecule has 18 heavy (non-hydrogen) atoms. The molecule has 3 heteroatoms. The minimum atomic E-state index is 0.643. The van der Waals surface area contributed by atoms with Crippen LogP contribution >= 0.6 is 0 Å². The van der Waals surface area contributed by atoms with E-state index < -0.39 is 0 Å². The lowest BCUT2D eigenvalue weighted by atomic mass is 10.1. The third kappa shape index (κ3) is 2.92. The first-order chi connectivity index (χ1) is 8.56. The molecule has 2 aromatic rings. The van der Waals surface area contributed by atoms with E-state index in [4.69, 9.17) is 10.5 Å². The van der Waals surface area contributed by atoms with E-state index >= 15 is 0 Å². The Hall–Kier alpha value is -1.77. The molecule has 0 aliphatic heterocycles. The van der Waals surface area contributed by atoms with Gasteiger partial charge in [-0.05, 0) is 37.5 Å². The zero-order chi connectivity index (χ0) is 13.1. The summed E-state index contributed by atoms with van der Waals surface area (Å²) in [5, 5.41) is 0.990. The molecule has 1 aromatic carbocycles. The van der Waals surface area contributed by atoms with Gasteiger partial charge in [-0.1, -0.05) is 13.8 Å². The van der Waals surface area contributed by atoms with Crippen LogP contribution in [0.4, 0.5) is 5.69 Å². The highest BCUT2D eigenvalue weighted by Gasteiger charge is 2.06. The lowest BCUT2D eigenvalue weighted by Gasteiger charge is -2.11. The van der Waals surface area contributed by atoms with E-state index in [1.54, 1.807) is 0 Å². The molecule has 0 fully saturated rings. The molecule has 0 saturated carbocycles. The number of fused-ring (bicyclic) bond motifs is 1. The van der Waals surface area contributed by atoms with Crippen LogP contribution in [0.1, 0.15) is 26.0 Å². The Kier molecular flexibility index (Phi) is 3.70. The van der Waals surface area contributed by atoms with Gasteiger partial charge in [0.05, 0.1) is 12.1 Å². The summed E-state index contributed by atoms with van der Waals surface area (Å²) in [5.41, 5.74) is 8.46. The summed E-state index contributed by atoms with van der Waals surface area (Å²) in [5.74, 6) is 1.52. The van der Waals surface area contributed by atoms with E-state index in [-0.39, 0.29) is 0 Å². The average Bonchev–Trinajstić information content (AvgIpc) is 2.29. The van der Waals surface area contributed by atoms with Gasteiger partial charge in [0.1, 0.15) is 5.75 Å². The van der Waals surface area contributed by atoms with Crippen molar-refractivity contribution in [1.29, 1.82) is 0 Å². The number of nitrogens with two attached hydrogens (primary N) is 1. The summed E-state index contributed by atoms with van der Waals surface area (Å²) in [7, 11) is 0. The van der Waals surface area contributed by atoms with Gasteiger partial charge in [-0.15, -0.1) is 0 Å². The van der Waals surface area contributed by atoms with Crippen LogP contribution in [-0.2, 0) is 0 Å². The molecule has 0 atom stereocenters. The Balaban J connectivity index is 2.32. The second-order valence-corrected chi connectivity index (χ2v) is 5.07. The van der Waals surface area contributed by atoms with Crippen LogP contribution in [0.15, 0.2) is 24.3 Å². The molecule has 0 radical (unpaired) electrons. The van der Waals surface area contributed by atoms with E-state index in [2.05, 4.69) is 18.8 Å². The maximum absolute atomic E-state index is 5.87. The predicted molar refractivity (Wildman–Crippen MR) is 75.8 cm³/mol. The molecule has 0 saturated heterocycles. The molecule has 3 nitrogen and oxygen atoms in total. The number of benzene rings is 1. The van der Waals surface area contributed by atoms with Crippen molar-refractivity contribution in [2.24, 2.45) is 5.92 Å². The van der Waals surface area contributed by atoms with Crippen LogP contribution in [0.2, 0.25) is 0 Å². The lowest BCUT2D eigenvalue weighted by Crippen LogP contribution is -2.02. The average molecular weight is 244 g/mol. The van der Waals surface area contributed by atoms with Crippen molar-refractivity contribution < 1.29 is 4.74 Å². The van der Waals surface area contributed by atoms with Gasteiger partial charge in [0.25, 0.3) is 0 Å². The second kappa shape index (κ2) is 5.25. The van der Waals surface area contributed by atoms with Crippen LogP contribution in [0.5, 0.6) is 5.75 Å². The highest BCUT2D eigenvalue weighted by molar-refractivity contribution is 5.87. The number of rotatable bonds is 4. The van der Waals surface area contributed by atoms with Crippen molar-refractivity contribution in [3.63, 3.8) is 0 Å². The van der Waals surface area contributed by atoms with Gasteiger partial charge in [0.2, 0.25) is 0 Å². The Bertz CT molecular complexity index is 549. The number of aryl methyl sites for hydroxylation is 1. The first-order valence-electron chi connectivity index (χ1n) is 6.36. The summed E-state index contributed by atoms with van der Waals surface area (Å²) in [6.45, 7) is 7.09. The van der Waals surface area contributed by atoms with Crippen LogP contribution in [-0.4, -0.2) is 11.6 Å². The summed E-state index contributed by atoms with van der Waals surface area (Å²) in [6, 6.07) is 7.70. The minimum absolute atomic E-state index is 0.643. The van der Waals surface area contributed by atoms with Gasteiger partial charge in [0, 0.05) is 22.8 Å². The monoisotopic (exact) mass is 244 g/mol. The number of aromatic nitrogens is 1. The van der Waals surface area contributed by atoms with Gasteiger partial charge in [-0.2, -0.15) is 0 Å². The highest BCUT2D eigenvalue weighted by atomic mass is 16.5. The van der Waals surface area contributed by atoms with Gasteiger partial charge >= 0.3 is 0 Å². The molecule has 1 heterocycles. The highest BCUT2D eigenvalue weighted by Crippen LogP contribution is 2.27.